The molecule has 0 bridgehead atoms. The van der Waals surface area contributed by atoms with E-state index in [4.69, 9.17) is 4.74 Å². The number of morpholine rings is 1. The first kappa shape index (κ1) is 12.9. The number of aromatic hydroxyl groups is 1. The van der Waals surface area contributed by atoms with Crippen molar-refractivity contribution in [2.75, 3.05) is 32.8 Å². The fourth-order valence-corrected chi connectivity index (χ4v) is 2.07. The van der Waals surface area contributed by atoms with Gasteiger partial charge in [-0.3, -0.25) is 9.69 Å². The van der Waals surface area contributed by atoms with Gasteiger partial charge in [-0.2, -0.15) is 0 Å². The molecule has 1 aliphatic rings. The van der Waals surface area contributed by atoms with Crippen molar-refractivity contribution in [2.24, 2.45) is 0 Å². The van der Waals surface area contributed by atoms with Crippen LogP contribution in [0.15, 0.2) is 24.3 Å². The molecule has 1 aromatic carbocycles. The van der Waals surface area contributed by atoms with Crippen LogP contribution in [0.5, 0.6) is 5.75 Å². The van der Waals surface area contributed by atoms with Gasteiger partial charge in [0, 0.05) is 19.6 Å². The standard InChI is InChI=1S/C13H17NO4/c15-11-3-1-10(2-4-11)12(13(16)17)9-14-5-7-18-8-6-14/h1-4,12,15H,5-9H2,(H,16,17). The maximum Gasteiger partial charge on any atom is 0.312 e. The van der Waals surface area contributed by atoms with Gasteiger partial charge in [-0.15, -0.1) is 0 Å². The molecule has 18 heavy (non-hydrogen) atoms. The third kappa shape index (κ3) is 3.21. The van der Waals surface area contributed by atoms with Gasteiger partial charge in [-0.05, 0) is 17.7 Å². The van der Waals surface area contributed by atoms with Gasteiger partial charge in [0.25, 0.3) is 0 Å². The number of aliphatic carboxylic acids is 1. The number of carboxylic acid groups (broad SMARTS) is 1. The van der Waals surface area contributed by atoms with E-state index >= 15 is 0 Å². The molecular formula is C13H17NO4. The third-order valence-corrected chi connectivity index (χ3v) is 3.14. The SMILES string of the molecule is O=C(O)C(CN1CCOCC1)c1ccc(O)cc1. The smallest absolute Gasteiger partial charge is 0.312 e. The highest BCUT2D eigenvalue weighted by atomic mass is 16.5. The van der Waals surface area contributed by atoms with Crippen molar-refractivity contribution < 1.29 is 19.7 Å². The molecule has 1 aliphatic heterocycles. The molecule has 0 aromatic heterocycles. The van der Waals surface area contributed by atoms with E-state index < -0.39 is 11.9 Å². The lowest BCUT2D eigenvalue weighted by atomic mass is 9.98. The number of rotatable bonds is 4. The Morgan fingerprint density at radius 1 is 1.28 bits per heavy atom. The van der Waals surface area contributed by atoms with Crippen LogP contribution in [0, 0.1) is 0 Å². The Morgan fingerprint density at radius 3 is 2.44 bits per heavy atom. The molecule has 0 radical (unpaired) electrons. The summed E-state index contributed by atoms with van der Waals surface area (Å²) < 4.78 is 5.24. The largest absolute Gasteiger partial charge is 0.508 e. The van der Waals surface area contributed by atoms with Gasteiger partial charge in [0.1, 0.15) is 5.75 Å². The number of carbonyl (C=O) groups is 1. The van der Waals surface area contributed by atoms with E-state index in [2.05, 4.69) is 4.90 Å². The Morgan fingerprint density at radius 2 is 1.89 bits per heavy atom. The van der Waals surface area contributed by atoms with E-state index in [1.807, 2.05) is 0 Å². The summed E-state index contributed by atoms with van der Waals surface area (Å²) in [5, 5.41) is 18.5. The average Bonchev–Trinajstić information content (AvgIpc) is 2.38. The fourth-order valence-electron chi connectivity index (χ4n) is 2.07. The predicted octanol–water partition coefficient (Wildman–Crippen LogP) is 0.893. The monoisotopic (exact) mass is 251 g/mol. The van der Waals surface area contributed by atoms with Crippen LogP contribution in [-0.4, -0.2) is 53.9 Å². The molecule has 0 aliphatic carbocycles. The second-order valence-electron chi connectivity index (χ2n) is 4.40. The van der Waals surface area contributed by atoms with Crippen LogP contribution in [0.1, 0.15) is 11.5 Å². The first-order chi connectivity index (χ1) is 8.66. The number of nitrogens with zero attached hydrogens (tertiary/aromatic N) is 1. The summed E-state index contributed by atoms with van der Waals surface area (Å²) in [6.07, 6.45) is 0. The second kappa shape index (κ2) is 5.84. The molecule has 1 fully saturated rings. The molecule has 98 valence electrons. The Balaban J connectivity index is 2.07. The Kier molecular flexibility index (Phi) is 4.17. The van der Waals surface area contributed by atoms with Gasteiger partial charge in [-0.25, -0.2) is 0 Å². The molecule has 5 nitrogen and oxygen atoms in total. The minimum atomic E-state index is -0.841. The minimum Gasteiger partial charge on any atom is -0.508 e. The number of hydrogen-bond donors (Lipinski definition) is 2. The van der Waals surface area contributed by atoms with Crippen LogP contribution >= 0.6 is 0 Å². The zero-order valence-corrected chi connectivity index (χ0v) is 10.1. The van der Waals surface area contributed by atoms with Crippen molar-refractivity contribution >= 4 is 5.97 Å². The van der Waals surface area contributed by atoms with Crippen molar-refractivity contribution in [3.05, 3.63) is 29.8 Å². The van der Waals surface area contributed by atoms with Gasteiger partial charge >= 0.3 is 5.97 Å². The van der Waals surface area contributed by atoms with Crippen LogP contribution < -0.4 is 0 Å². The van der Waals surface area contributed by atoms with E-state index in [0.29, 0.717) is 25.3 Å². The number of ether oxygens (including phenoxy) is 1. The summed E-state index contributed by atoms with van der Waals surface area (Å²) in [6, 6.07) is 6.36. The maximum absolute atomic E-state index is 11.3. The highest BCUT2D eigenvalue weighted by Crippen LogP contribution is 2.20. The van der Waals surface area contributed by atoms with Gasteiger partial charge in [0.15, 0.2) is 0 Å². The zero-order chi connectivity index (χ0) is 13.0. The normalized spacial score (nSPS) is 18.4. The van der Waals surface area contributed by atoms with Crippen molar-refractivity contribution in [2.45, 2.75) is 5.92 Å². The number of phenolic OH excluding ortho intramolecular Hbond substituents is 1. The second-order valence-corrected chi connectivity index (χ2v) is 4.40. The lowest BCUT2D eigenvalue weighted by Gasteiger charge is -2.29. The van der Waals surface area contributed by atoms with Crippen LogP contribution in [0.25, 0.3) is 0 Å². The molecule has 2 N–H and O–H groups in total. The van der Waals surface area contributed by atoms with Gasteiger partial charge in [-0.1, -0.05) is 12.1 Å². The summed E-state index contributed by atoms with van der Waals surface area (Å²) in [5.41, 5.74) is 0.715. The molecule has 1 unspecified atom stereocenters. The molecule has 0 saturated carbocycles. The van der Waals surface area contributed by atoms with Gasteiger partial charge < -0.3 is 14.9 Å². The van der Waals surface area contributed by atoms with Crippen LogP contribution in [0.3, 0.4) is 0 Å². The number of hydrogen-bond acceptors (Lipinski definition) is 4. The molecule has 0 spiro atoms. The summed E-state index contributed by atoms with van der Waals surface area (Å²) >= 11 is 0. The van der Waals surface area contributed by atoms with Crippen molar-refractivity contribution in [1.82, 2.24) is 4.90 Å². The van der Waals surface area contributed by atoms with Crippen molar-refractivity contribution in [3.8, 4) is 5.75 Å². The van der Waals surface area contributed by atoms with E-state index in [0.717, 1.165) is 13.1 Å². The first-order valence-corrected chi connectivity index (χ1v) is 5.98. The quantitative estimate of drug-likeness (QED) is 0.831. The zero-order valence-electron chi connectivity index (χ0n) is 10.1. The summed E-state index contributed by atoms with van der Waals surface area (Å²) in [5.74, 6) is -1.26. The molecule has 5 heteroatoms. The molecule has 1 saturated heterocycles. The van der Waals surface area contributed by atoms with Crippen LogP contribution in [0.4, 0.5) is 0 Å². The number of benzene rings is 1. The van der Waals surface area contributed by atoms with Crippen molar-refractivity contribution in [3.63, 3.8) is 0 Å². The Hall–Kier alpha value is -1.59. The topological polar surface area (TPSA) is 70.0 Å². The highest BCUT2D eigenvalue weighted by Gasteiger charge is 2.24. The molecule has 1 heterocycles. The first-order valence-electron chi connectivity index (χ1n) is 5.98. The predicted molar refractivity (Wildman–Crippen MR) is 65.7 cm³/mol. The molecule has 1 atom stereocenters. The summed E-state index contributed by atoms with van der Waals surface area (Å²) in [4.78, 5) is 13.4. The number of carboxylic acids is 1. The van der Waals surface area contributed by atoms with E-state index in [-0.39, 0.29) is 5.75 Å². The lowest BCUT2D eigenvalue weighted by molar-refractivity contribution is -0.139. The van der Waals surface area contributed by atoms with Gasteiger partial charge in [0.2, 0.25) is 0 Å². The number of phenols is 1. The summed E-state index contributed by atoms with van der Waals surface area (Å²) in [7, 11) is 0. The van der Waals surface area contributed by atoms with Gasteiger partial charge in [0.05, 0.1) is 19.1 Å². The Labute approximate surface area is 106 Å². The minimum absolute atomic E-state index is 0.147. The third-order valence-electron chi connectivity index (χ3n) is 3.14. The molecular weight excluding hydrogens is 234 g/mol. The van der Waals surface area contributed by atoms with E-state index in [1.54, 1.807) is 12.1 Å². The van der Waals surface area contributed by atoms with Crippen LogP contribution in [0.2, 0.25) is 0 Å². The maximum atomic E-state index is 11.3. The Bertz CT molecular complexity index is 398. The fraction of sp³-hybridized carbons (Fsp3) is 0.462. The lowest BCUT2D eigenvalue weighted by Crippen LogP contribution is -2.40. The van der Waals surface area contributed by atoms with E-state index in [9.17, 15) is 15.0 Å². The highest BCUT2D eigenvalue weighted by molar-refractivity contribution is 5.76. The van der Waals surface area contributed by atoms with Crippen LogP contribution in [-0.2, 0) is 9.53 Å². The molecule has 2 rings (SSSR count). The van der Waals surface area contributed by atoms with Crippen molar-refractivity contribution in [1.29, 1.82) is 0 Å². The molecule has 1 aromatic rings. The van der Waals surface area contributed by atoms with E-state index in [1.165, 1.54) is 12.1 Å². The average molecular weight is 251 g/mol. The molecule has 0 amide bonds. The summed E-state index contributed by atoms with van der Waals surface area (Å²) in [6.45, 7) is 3.32.